The summed E-state index contributed by atoms with van der Waals surface area (Å²) in [4.78, 5) is 29.5. The first kappa shape index (κ1) is 26.8. The van der Waals surface area contributed by atoms with Crippen LogP contribution in [0.2, 0.25) is 0 Å². The molecule has 9 heteroatoms. The molecule has 0 atom stereocenters. The molecule has 2 aliphatic rings. The number of carbonyl (C=O) groups is 2. The quantitative estimate of drug-likeness (QED) is 0.225. The van der Waals surface area contributed by atoms with Gasteiger partial charge in [0.1, 0.15) is 11.5 Å². The highest BCUT2D eigenvalue weighted by molar-refractivity contribution is 8.27. The summed E-state index contributed by atoms with van der Waals surface area (Å²) in [5.74, 6) is 2.19. The maximum atomic E-state index is 13.3. The van der Waals surface area contributed by atoms with E-state index >= 15 is 0 Å². The molecular formula is C30H28N2O5S2. The fourth-order valence-electron chi connectivity index (χ4n) is 4.33. The highest BCUT2D eigenvalue weighted by Crippen LogP contribution is 2.38. The number of carbonyl (C=O) groups excluding carboxylic acids is 2. The third-order valence-electron chi connectivity index (χ3n) is 6.24. The van der Waals surface area contributed by atoms with Gasteiger partial charge in [-0.25, -0.2) is 0 Å². The number of hydrogen-bond acceptors (Lipinski definition) is 7. The first-order valence-corrected chi connectivity index (χ1v) is 14.0. The van der Waals surface area contributed by atoms with E-state index in [4.69, 9.17) is 26.4 Å². The SMILES string of the molecule is CCOc1cc(/C=C2\SC(=S)N(c3ccc(Oc4ccccc4)cc3)C2=O)ccc1OCC(=O)N1CCCC1. The Kier molecular flexibility index (Phi) is 8.48. The van der Waals surface area contributed by atoms with Crippen molar-refractivity contribution in [1.29, 1.82) is 0 Å². The standard InChI is InChI=1S/C30H28N2O5S2/c1-2-35-26-18-21(10-15-25(26)36-20-28(33)31-16-6-7-17-31)19-27-29(34)32(30(38)39-27)22-11-13-24(14-12-22)37-23-8-4-3-5-9-23/h3-5,8-15,18-19H,2,6-7,16-17,20H2,1H3/b27-19-. The van der Waals surface area contributed by atoms with Crippen LogP contribution in [0.25, 0.3) is 6.08 Å². The third-order valence-corrected chi connectivity index (χ3v) is 7.54. The molecule has 7 nitrogen and oxygen atoms in total. The zero-order valence-corrected chi connectivity index (χ0v) is 23.1. The second-order valence-electron chi connectivity index (χ2n) is 8.94. The molecule has 2 amide bonds. The van der Waals surface area contributed by atoms with Gasteiger partial charge >= 0.3 is 0 Å². The number of thiocarbonyl (C=S) groups is 1. The van der Waals surface area contributed by atoms with E-state index in [9.17, 15) is 9.59 Å². The van der Waals surface area contributed by atoms with E-state index in [1.807, 2.05) is 72.5 Å². The largest absolute Gasteiger partial charge is 0.490 e. The number of para-hydroxylation sites is 1. The van der Waals surface area contributed by atoms with Gasteiger partial charge < -0.3 is 19.1 Å². The lowest BCUT2D eigenvalue weighted by Gasteiger charge is -2.17. The van der Waals surface area contributed by atoms with Gasteiger partial charge in [0.05, 0.1) is 17.2 Å². The third kappa shape index (κ3) is 6.43. The first-order valence-electron chi connectivity index (χ1n) is 12.8. The minimum atomic E-state index is -0.198. The molecule has 3 aromatic rings. The van der Waals surface area contributed by atoms with E-state index in [-0.39, 0.29) is 18.4 Å². The summed E-state index contributed by atoms with van der Waals surface area (Å²) >= 11 is 6.78. The second-order valence-corrected chi connectivity index (χ2v) is 10.6. The molecule has 2 fully saturated rings. The maximum absolute atomic E-state index is 13.3. The Morgan fingerprint density at radius 2 is 1.67 bits per heavy atom. The van der Waals surface area contributed by atoms with Crippen molar-refractivity contribution < 1.29 is 23.8 Å². The summed E-state index contributed by atoms with van der Waals surface area (Å²) in [7, 11) is 0. The number of rotatable bonds is 9. The Morgan fingerprint density at radius 1 is 0.949 bits per heavy atom. The van der Waals surface area contributed by atoms with Crippen LogP contribution in [0, 0.1) is 0 Å². The molecule has 2 heterocycles. The average Bonchev–Trinajstić information content (AvgIpc) is 3.58. The molecule has 0 N–H and O–H groups in total. The van der Waals surface area contributed by atoms with E-state index < -0.39 is 0 Å². The van der Waals surface area contributed by atoms with Gasteiger partial charge in [-0.15, -0.1) is 0 Å². The van der Waals surface area contributed by atoms with Crippen LogP contribution in [0.5, 0.6) is 23.0 Å². The summed E-state index contributed by atoms with van der Waals surface area (Å²) in [6, 6.07) is 22.2. The van der Waals surface area contributed by atoms with Crippen molar-refractivity contribution in [3.05, 3.63) is 83.3 Å². The Morgan fingerprint density at radius 3 is 2.38 bits per heavy atom. The molecule has 5 rings (SSSR count). The smallest absolute Gasteiger partial charge is 0.270 e. The lowest BCUT2D eigenvalue weighted by Crippen LogP contribution is -2.32. The van der Waals surface area contributed by atoms with Gasteiger partial charge in [0, 0.05) is 13.1 Å². The molecule has 2 saturated heterocycles. The molecule has 0 bridgehead atoms. The normalized spacial score (nSPS) is 16.2. The van der Waals surface area contributed by atoms with Crippen LogP contribution in [0.15, 0.2) is 77.7 Å². The lowest BCUT2D eigenvalue weighted by molar-refractivity contribution is -0.132. The van der Waals surface area contributed by atoms with Crippen LogP contribution in [-0.4, -0.2) is 47.3 Å². The number of thioether (sulfide) groups is 1. The molecule has 0 aliphatic carbocycles. The number of hydrogen-bond donors (Lipinski definition) is 0. The molecule has 3 aromatic carbocycles. The van der Waals surface area contributed by atoms with Crippen molar-refractivity contribution in [3.8, 4) is 23.0 Å². The van der Waals surface area contributed by atoms with Crippen molar-refractivity contribution in [2.45, 2.75) is 19.8 Å². The number of benzene rings is 3. The van der Waals surface area contributed by atoms with Gasteiger partial charge in [0.25, 0.3) is 11.8 Å². The number of likely N-dealkylation sites (tertiary alicyclic amines) is 1. The van der Waals surface area contributed by atoms with E-state index in [1.165, 1.54) is 16.7 Å². The van der Waals surface area contributed by atoms with E-state index in [0.717, 1.165) is 37.2 Å². The summed E-state index contributed by atoms with van der Waals surface area (Å²) in [5, 5.41) is 0. The average molecular weight is 561 g/mol. The number of anilines is 1. The highest BCUT2D eigenvalue weighted by Gasteiger charge is 2.33. The fourth-order valence-corrected chi connectivity index (χ4v) is 5.63. The predicted molar refractivity (Wildman–Crippen MR) is 158 cm³/mol. The predicted octanol–water partition coefficient (Wildman–Crippen LogP) is 6.28. The van der Waals surface area contributed by atoms with E-state index in [2.05, 4.69) is 0 Å². The van der Waals surface area contributed by atoms with Crippen molar-refractivity contribution in [3.63, 3.8) is 0 Å². The van der Waals surface area contributed by atoms with Gasteiger partial charge in [-0.2, -0.15) is 0 Å². The summed E-state index contributed by atoms with van der Waals surface area (Å²) < 4.78 is 17.9. The lowest BCUT2D eigenvalue weighted by atomic mass is 10.1. The molecule has 0 spiro atoms. The van der Waals surface area contributed by atoms with Crippen molar-refractivity contribution in [2.75, 3.05) is 31.2 Å². The van der Waals surface area contributed by atoms with E-state index in [0.29, 0.717) is 38.8 Å². The second kappa shape index (κ2) is 12.4. The van der Waals surface area contributed by atoms with Crippen LogP contribution in [0.4, 0.5) is 5.69 Å². The Labute approximate surface area is 237 Å². The van der Waals surface area contributed by atoms with Gasteiger partial charge in [0.2, 0.25) is 0 Å². The number of amides is 2. The van der Waals surface area contributed by atoms with Crippen LogP contribution >= 0.6 is 24.0 Å². The zero-order valence-electron chi connectivity index (χ0n) is 21.5. The number of ether oxygens (including phenoxy) is 3. The van der Waals surface area contributed by atoms with Gasteiger partial charge in [-0.3, -0.25) is 14.5 Å². The summed E-state index contributed by atoms with van der Waals surface area (Å²) in [5.41, 5.74) is 1.44. The van der Waals surface area contributed by atoms with Crippen LogP contribution in [-0.2, 0) is 9.59 Å². The number of nitrogens with zero attached hydrogens (tertiary/aromatic N) is 2. The van der Waals surface area contributed by atoms with Gasteiger partial charge in [0.15, 0.2) is 22.4 Å². The van der Waals surface area contributed by atoms with Crippen LogP contribution in [0.3, 0.4) is 0 Å². The van der Waals surface area contributed by atoms with Gasteiger partial charge in [-0.05, 0) is 79.9 Å². The zero-order chi connectivity index (χ0) is 27.2. The first-order chi connectivity index (χ1) is 19.0. The Bertz CT molecular complexity index is 1390. The fraction of sp³-hybridized carbons (Fsp3) is 0.233. The molecule has 0 aromatic heterocycles. The minimum Gasteiger partial charge on any atom is -0.490 e. The minimum absolute atomic E-state index is 0.0256. The van der Waals surface area contributed by atoms with Crippen molar-refractivity contribution >= 4 is 51.9 Å². The van der Waals surface area contributed by atoms with Crippen molar-refractivity contribution in [2.24, 2.45) is 0 Å². The van der Waals surface area contributed by atoms with Crippen LogP contribution in [0.1, 0.15) is 25.3 Å². The summed E-state index contributed by atoms with van der Waals surface area (Å²) in [6.45, 7) is 3.85. The molecular weight excluding hydrogens is 532 g/mol. The highest BCUT2D eigenvalue weighted by atomic mass is 32.2. The van der Waals surface area contributed by atoms with Crippen LogP contribution < -0.4 is 19.1 Å². The molecule has 200 valence electrons. The topological polar surface area (TPSA) is 68.3 Å². The van der Waals surface area contributed by atoms with E-state index in [1.54, 1.807) is 18.2 Å². The maximum Gasteiger partial charge on any atom is 0.270 e. The Balaban J connectivity index is 1.28. The Hall–Kier alpha value is -3.82. The monoisotopic (exact) mass is 560 g/mol. The molecule has 2 aliphatic heterocycles. The molecule has 39 heavy (non-hydrogen) atoms. The van der Waals surface area contributed by atoms with Gasteiger partial charge in [-0.1, -0.05) is 48.2 Å². The molecule has 0 saturated carbocycles. The van der Waals surface area contributed by atoms with Crippen molar-refractivity contribution in [1.82, 2.24) is 4.90 Å². The summed E-state index contributed by atoms with van der Waals surface area (Å²) in [6.07, 6.45) is 3.85. The molecule has 0 radical (unpaired) electrons. The molecule has 0 unspecified atom stereocenters.